The normalized spacial score (nSPS) is 18.3. The van der Waals surface area contributed by atoms with Crippen LogP contribution in [0.15, 0.2) is 23.0 Å². The average Bonchev–Trinajstić information content (AvgIpc) is 3.24. The molecule has 2 aliphatic heterocycles. The fourth-order valence-corrected chi connectivity index (χ4v) is 5.31. The van der Waals surface area contributed by atoms with Crippen molar-refractivity contribution >= 4 is 22.7 Å². The van der Waals surface area contributed by atoms with Crippen LogP contribution in [-0.4, -0.2) is 63.0 Å². The summed E-state index contributed by atoms with van der Waals surface area (Å²) in [5, 5.41) is 13.6. The fraction of sp³-hybridized carbons (Fsp3) is 0.524. The highest BCUT2D eigenvalue weighted by Crippen LogP contribution is 2.34. The van der Waals surface area contributed by atoms with Crippen molar-refractivity contribution in [2.75, 3.05) is 37.8 Å². The van der Waals surface area contributed by atoms with E-state index in [9.17, 15) is 4.79 Å². The van der Waals surface area contributed by atoms with E-state index < -0.39 is 0 Å². The minimum Gasteiger partial charge on any atom is -0.486 e. The predicted molar refractivity (Wildman–Crippen MR) is 118 cm³/mol. The highest BCUT2D eigenvalue weighted by Gasteiger charge is 2.37. The maximum Gasteiger partial charge on any atom is 0.258 e. The van der Waals surface area contributed by atoms with Gasteiger partial charge in [0.15, 0.2) is 17.5 Å². The zero-order valence-corrected chi connectivity index (χ0v) is 18.8. The van der Waals surface area contributed by atoms with Crippen LogP contribution in [0.4, 0.5) is 0 Å². The van der Waals surface area contributed by atoms with E-state index in [1.807, 2.05) is 34.6 Å². The summed E-state index contributed by atoms with van der Waals surface area (Å²) in [4.78, 5) is 17.7. The molecule has 1 saturated heterocycles. The van der Waals surface area contributed by atoms with Gasteiger partial charge in [0.05, 0.1) is 29.7 Å². The van der Waals surface area contributed by atoms with Gasteiger partial charge >= 0.3 is 0 Å². The molecule has 10 heteroatoms. The molecular formula is C21H27N6O3S+. The van der Waals surface area contributed by atoms with Crippen molar-refractivity contribution in [3.05, 3.63) is 39.9 Å². The maximum atomic E-state index is 13.3. The zero-order valence-electron chi connectivity index (χ0n) is 18.0. The first-order valence-electron chi connectivity index (χ1n) is 10.6. The summed E-state index contributed by atoms with van der Waals surface area (Å²) in [5.74, 6) is 4.18. The number of aromatic nitrogens is 5. The lowest BCUT2D eigenvalue weighted by Gasteiger charge is -2.32. The molecule has 0 unspecified atom stereocenters. The van der Waals surface area contributed by atoms with Crippen LogP contribution in [0.5, 0.6) is 11.5 Å². The van der Waals surface area contributed by atoms with E-state index in [0.29, 0.717) is 30.3 Å². The smallest absolute Gasteiger partial charge is 0.258 e. The van der Waals surface area contributed by atoms with Gasteiger partial charge in [-0.25, -0.2) is 4.68 Å². The van der Waals surface area contributed by atoms with Gasteiger partial charge in [-0.05, 0) is 43.3 Å². The Morgan fingerprint density at radius 2 is 1.84 bits per heavy atom. The first-order chi connectivity index (χ1) is 14.9. The summed E-state index contributed by atoms with van der Waals surface area (Å²) in [6.45, 7) is 9.14. The van der Waals surface area contributed by atoms with Crippen LogP contribution < -0.4 is 19.9 Å². The van der Waals surface area contributed by atoms with Crippen LogP contribution in [-0.2, 0) is 5.54 Å². The molecule has 3 aromatic rings. The number of tetrazole rings is 1. The van der Waals surface area contributed by atoms with Gasteiger partial charge < -0.3 is 19.4 Å². The molecular weight excluding hydrogens is 416 g/mol. The van der Waals surface area contributed by atoms with E-state index in [0.717, 1.165) is 41.3 Å². The van der Waals surface area contributed by atoms with E-state index in [1.165, 1.54) is 4.90 Å². The maximum absolute atomic E-state index is 13.3. The number of nitrogens with one attached hydrogen (secondary N) is 2. The molecule has 0 saturated carbocycles. The lowest BCUT2D eigenvalue weighted by molar-refractivity contribution is -0.923. The molecule has 2 N–H and O–H groups in total. The van der Waals surface area contributed by atoms with Crippen molar-refractivity contribution in [2.24, 2.45) is 0 Å². The SMILES string of the molecule is CC(C)(C)n1nnnc1[C@@H](c1cc2cc3c(cc2[nH]c1=O)OCCO3)[NH+]1CCSCC1. The van der Waals surface area contributed by atoms with E-state index in [4.69, 9.17) is 9.47 Å². The predicted octanol–water partition coefficient (Wildman–Crippen LogP) is 0.762. The highest BCUT2D eigenvalue weighted by molar-refractivity contribution is 7.99. The van der Waals surface area contributed by atoms with Gasteiger partial charge in [-0.15, -0.1) is 5.10 Å². The minimum atomic E-state index is -0.297. The van der Waals surface area contributed by atoms with Gasteiger partial charge in [-0.1, -0.05) is 0 Å². The summed E-state index contributed by atoms with van der Waals surface area (Å²) >= 11 is 1.94. The van der Waals surface area contributed by atoms with E-state index in [-0.39, 0.29) is 17.1 Å². The number of nitrogens with zero attached hydrogens (tertiary/aromatic N) is 4. The second-order valence-electron chi connectivity index (χ2n) is 8.96. The minimum absolute atomic E-state index is 0.122. The van der Waals surface area contributed by atoms with Crippen LogP contribution in [0, 0.1) is 0 Å². The molecule has 2 aliphatic rings. The Balaban J connectivity index is 1.68. The van der Waals surface area contributed by atoms with E-state index in [2.05, 4.69) is 41.3 Å². The molecule has 1 atom stereocenters. The van der Waals surface area contributed by atoms with Gasteiger partial charge in [-0.3, -0.25) is 4.79 Å². The number of H-pyrrole nitrogens is 1. The summed E-state index contributed by atoms with van der Waals surface area (Å²) < 4.78 is 13.3. The van der Waals surface area contributed by atoms with Gasteiger partial charge in [0.1, 0.15) is 13.2 Å². The monoisotopic (exact) mass is 443 g/mol. The third-order valence-corrected chi connectivity index (χ3v) is 6.76. The number of quaternary nitrogens is 1. The van der Waals surface area contributed by atoms with Crippen LogP contribution in [0.3, 0.4) is 0 Å². The van der Waals surface area contributed by atoms with E-state index in [1.54, 1.807) is 0 Å². The Bertz CT molecular complexity index is 1160. The Hall–Kier alpha value is -2.59. The zero-order chi connectivity index (χ0) is 21.6. The summed E-state index contributed by atoms with van der Waals surface area (Å²) in [6, 6.07) is 5.49. The molecule has 1 aromatic carbocycles. The van der Waals surface area contributed by atoms with Gasteiger partial charge in [0.2, 0.25) is 5.82 Å². The third-order valence-electron chi connectivity index (χ3n) is 5.78. The summed E-state index contributed by atoms with van der Waals surface area (Å²) in [7, 11) is 0. The number of pyridine rings is 1. The fourth-order valence-electron chi connectivity index (χ4n) is 4.29. The molecule has 0 bridgehead atoms. The Kier molecular flexibility index (Phi) is 5.13. The Labute approximate surface area is 184 Å². The number of benzene rings is 1. The molecule has 164 valence electrons. The molecule has 0 spiro atoms. The van der Waals surface area contributed by atoms with Gasteiger partial charge in [0, 0.05) is 23.0 Å². The largest absolute Gasteiger partial charge is 0.486 e. The van der Waals surface area contributed by atoms with Crippen LogP contribution in [0.1, 0.15) is 38.2 Å². The number of hydrogen-bond donors (Lipinski definition) is 2. The van der Waals surface area contributed by atoms with Crippen LogP contribution in [0.2, 0.25) is 0 Å². The molecule has 0 radical (unpaired) electrons. The summed E-state index contributed by atoms with van der Waals surface area (Å²) in [5.41, 5.74) is 0.987. The average molecular weight is 444 g/mol. The number of ether oxygens (including phenoxy) is 2. The molecule has 0 aliphatic carbocycles. The molecule has 9 nitrogen and oxygen atoms in total. The second-order valence-corrected chi connectivity index (χ2v) is 10.2. The number of fused-ring (bicyclic) bond motifs is 2. The molecule has 31 heavy (non-hydrogen) atoms. The van der Waals surface area contributed by atoms with Crippen molar-refractivity contribution < 1.29 is 14.4 Å². The van der Waals surface area contributed by atoms with Gasteiger partial charge in [-0.2, -0.15) is 11.8 Å². The van der Waals surface area contributed by atoms with Gasteiger partial charge in [0.25, 0.3) is 5.56 Å². The molecule has 1 fully saturated rings. The summed E-state index contributed by atoms with van der Waals surface area (Å²) in [6.07, 6.45) is 0. The van der Waals surface area contributed by atoms with Crippen LogP contribution >= 0.6 is 11.8 Å². The molecule has 0 amide bonds. The first kappa shape index (κ1) is 20.3. The standard InChI is InChI=1S/C21H26N6O3S/c1-21(2,3)27-19(23-24-25-27)18(26-4-8-31-9-5-26)14-10-13-11-16-17(30-7-6-29-16)12-15(13)22-20(14)28/h10-12,18H,4-9H2,1-3H3,(H,22,28)/p+1/t18-/m1/s1. The van der Waals surface area contributed by atoms with Crippen molar-refractivity contribution in [3.8, 4) is 11.5 Å². The highest BCUT2D eigenvalue weighted by atomic mass is 32.2. The Morgan fingerprint density at radius 1 is 1.13 bits per heavy atom. The molecule has 2 aromatic heterocycles. The number of rotatable bonds is 3. The number of aromatic amines is 1. The van der Waals surface area contributed by atoms with Crippen molar-refractivity contribution in [1.82, 2.24) is 25.2 Å². The second kappa shape index (κ2) is 7.83. The van der Waals surface area contributed by atoms with Crippen LogP contribution in [0.25, 0.3) is 10.9 Å². The topological polar surface area (TPSA) is 99.4 Å². The van der Waals surface area contributed by atoms with Crippen molar-refractivity contribution in [2.45, 2.75) is 32.4 Å². The molecule has 5 rings (SSSR count). The first-order valence-corrected chi connectivity index (χ1v) is 11.7. The van der Waals surface area contributed by atoms with E-state index >= 15 is 0 Å². The number of thioether (sulfide) groups is 1. The number of hydrogen-bond acceptors (Lipinski definition) is 7. The molecule has 4 heterocycles. The Morgan fingerprint density at radius 3 is 2.55 bits per heavy atom. The third kappa shape index (κ3) is 3.78. The lowest BCUT2D eigenvalue weighted by Crippen LogP contribution is -3.14. The lowest BCUT2D eigenvalue weighted by atomic mass is 10.0. The van der Waals surface area contributed by atoms with Crippen molar-refractivity contribution in [3.63, 3.8) is 0 Å². The van der Waals surface area contributed by atoms with Crippen molar-refractivity contribution in [1.29, 1.82) is 0 Å². The quantitative estimate of drug-likeness (QED) is 0.617.